The van der Waals surface area contributed by atoms with Crippen molar-refractivity contribution in [1.29, 1.82) is 0 Å². The van der Waals surface area contributed by atoms with Crippen LogP contribution in [0.5, 0.6) is 0 Å². The SMILES string of the molecule is CCOC(=O)c1cc(CC)sc1NC(=O)CC(c1ccccc1)c1ccccc1. The summed E-state index contributed by atoms with van der Waals surface area (Å²) in [6.45, 7) is 4.09. The van der Waals surface area contributed by atoms with Crippen molar-refractivity contribution >= 4 is 28.2 Å². The molecular weight excluding hydrogens is 382 g/mol. The summed E-state index contributed by atoms with van der Waals surface area (Å²) in [5.74, 6) is -0.590. The van der Waals surface area contributed by atoms with Gasteiger partial charge in [0.15, 0.2) is 0 Å². The lowest BCUT2D eigenvalue weighted by Gasteiger charge is -2.18. The summed E-state index contributed by atoms with van der Waals surface area (Å²) in [5, 5.41) is 3.51. The van der Waals surface area contributed by atoms with E-state index in [-0.39, 0.29) is 18.2 Å². The molecule has 3 aromatic rings. The summed E-state index contributed by atoms with van der Waals surface area (Å²) in [7, 11) is 0. The molecule has 0 unspecified atom stereocenters. The number of thiophene rings is 1. The second-order valence-corrected chi connectivity index (χ2v) is 7.79. The zero-order valence-electron chi connectivity index (χ0n) is 16.7. The van der Waals surface area contributed by atoms with Gasteiger partial charge in [0.1, 0.15) is 5.00 Å². The highest BCUT2D eigenvalue weighted by atomic mass is 32.1. The number of esters is 1. The third kappa shape index (κ3) is 5.33. The fourth-order valence-electron chi connectivity index (χ4n) is 3.23. The van der Waals surface area contributed by atoms with Gasteiger partial charge in [-0.15, -0.1) is 11.3 Å². The van der Waals surface area contributed by atoms with Gasteiger partial charge in [-0.2, -0.15) is 0 Å². The standard InChI is InChI=1S/C24H25NO3S/c1-3-19-15-21(24(27)28-4-2)23(29-19)25-22(26)16-20(17-11-7-5-8-12-17)18-13-9-6-10-14-18/h5-15,20H,3-4,16H2,1-2H3,(H,25,26). The monoisotopic (exact) mass is 407 g/mol. The summed E-state index contributed by atoms with van der Waals surface area (Å²) in [6.07, 6.45) is 1.08. The van der Waals surface area contributed by atoms with Gasteiger partial charge in [0, 0.05) is 17.2 Å². The van der Waals surface area contributed by atoms with Gasteiger partial charge >= 0.3 is 5.97 Å². The Kier molecular flexibility index (Phi) is 7.19. The van der Waals surface area contributed by atoms with Gasteiger partial charge in [0.05, 0.1) is 12.2 Å². The largest absolute Gasteiger partial charge is 0.462 e. The predicted molar refractivity (Wildman–Crippen MR) is 118 cm³/mol. The molecule has 2 aromatic carbocycles. The maximum Gasteiger partial charge on any atom is 0.341 e. The number of anilines is 1. The average molecular weight is 408 g/mol. The third-order valence-electron chi connectivity index (χ3n) is 4.67. The van der Waals surface area contributed by atoms with E-state index in [0.29, 0.717) is 17.2 Å². The van der Waals surface area contributed by atoms with Gasteiger partial charge in [-0.3, -0.25) is 4.79 Å². The Morgan fingerprint density at radius 1 is 0.966 bits per heavy atom. The first kappa shape index (κ1) is 20.8. The number of ether oxygens (including phenoxy) is 1. The second kappa shape index (κ2) is 10.0. The zero-order chi connectivity index (χ0) is 20.6. The van der Waals surface area contributed by atoms with Crippen LogP contribution in [0.25, 0.3) is 0 Å². The van der Waals surface area contributed by atoms with Gasteiger partial charge in [0.2, 0.25) is 5.91 Å². The molecule has 4 nitrogen and oxygen atoms in total. The number of nitrogens with one attached hydrogen (secondary N) is 1. The first-order chi connectivity index (χ1) is 14.1. The first-order valence-corrected chi connectivity index (χ1v) is 10.6. The van der Waals surface area contributed by atoms with Crippen LogP contribution in [0, 0.1) is 0 Å². The van der Waals surface area contributed by atoms with E-state index in [9.17, 15) is 9.59 Å². The van der Waals surface area contributed by atoms with Crippen molar-refractivity contribution in [3.63, 3.8) is 0 Å². The Labute approximate surface area is 175 Å². The summed E-state index contributed by atoms with van der Waals surface area (Å²) in [5.41, 5.74) is 2.60. The van der Waals surface area contributed by atoms with Gasteiger partial charge in [-0.1, -0.05) is 67.6 Å². The number of carbonyl (C=O) groups is 2. The lowest BCUT2D eigenvalue weighted by atomic mass is 9.88. The van der Waals surface area contributed by atoms with Crippen LogP contribution >= 0.6 is 11.3 Å². The van der Waals surface area contributed by atoms with Crippen LogP contribution < -0.4 is 5.32 Å². The Bertz CT molecular complexity index is 911. The molecule has 5 heteroatoms. The van der Waals surface area contributed by atoms with Crippen molar-refractivity contribution in [2.75, 3.05) is 11.9 Å². The second-order valence-electron chi connectivity index (χ2n) is 6.66. The first-order valence-electron chi connectivity index (χ1n) is 9.81. The quantitative estimate of drug-likeness (QED) is 0.491. The molecule has 1 aromatic heterocycles. The van der Waals surface area contributed by atoms with Gasteiger partial charge in [-0.05, 0) is 30.5 Å². The smallest absolute Gasteiger partial charge is 0.341 e. The molecule has 0 bridgehead atoms. The highest BCUT2D eigenvalue weighted by molar-refractivity contribution is 7.16. The van der Waals surface area contributed by atoms with E-state index in [1.54, 1.807) is 6.92 Å². The minimum atomic E-state index is -0.401. The molecule has 0 aliphatic heterocycles. The number of rotatable bonds is 8. The van der Waals surface area contributed by atoms with Crippen LogP contribution in [0.15, 0.2) is 66.7 Å². The average Bonchev–Trinajstić information content (AvgIpc) is 3.16. The molecule has 0 atom stereocenters. The topological polar surface area (TPSA) is 55.4 Å². The molecular formula is C24H25NO3S. The van der Waals surface area contributed by atoms with Crippen molar-refractivity contribution in [2.45, 2.75) is 32.6 Å². The Morgan fingerprint density at radius 2 is 1.55 bits per heavy atom. The van der Waals surface area contributed by atoms with Crippen molar-refractivity contribution < 1.29 is 14.3 Å². The molecule has 0 aliphatic rings. The van der Waals surface area contributed by atoms with Crippen molar-refractivity contribution in [1.82, 2.24) is 0 Å². The number of amides is 1. The highest BCUT2D eigenvalue weighted by Gasteiger charge is 2.22. The number of hydrogen-bond acceptors (Lipinski definition) is 4. The lowest BCUT2D eigenvalue weighted by molar-refractivity contribution is -0.116. The molecule has 0 fully saturated rings. The number of aryl methyl sites for hydroxylation is 1. The van der Waals surface area contributed by atoms with Crippen LogP contribution in [0.4, 0.5) is 5.00 Å². The molecule has 0 aliphatic carbocycles. The van der Waals surface area contributed by atoms with Gasteiger partial charge in [0.25, 0.3) is 0 Å². The predicted octanol–water partition coefficient (Wildman–Crippen LogP) is 5.65. The fraction of sp³-hybridized carbons (Fsp3) is 0.250. The van der Waals surface area contributed by atoms with E-state index in [0.717, 1.165) is 22.4 Å². The normalized spacial score (nSPS) is 10.7. The van der Waals surface area contributed by atoms with Crippen molar-refractivity contribution in [2.24, 2.45) is 0 Å². The molecule has 0 saturated heterocycles. The minimum Gasteiger partial charge on any atom is -0.462 e. The number of hydrogen-bond donors (Lipinski definition) is 1. The maximum absolute atomic E-state index is 12.9. The van der Waals surface area contributed by atoms with Crippen LogP contribution in [-0.2, 0) is 16.0 Å². The van der Waals surface area contributed by atoms with Crippen LogP contribution in [0.1, 0.15) is 52.5 Å². The van der Waals surface area contributed by atoms with E-state index in [1.807, 2.05) is 73.7 Å². The van der Waals surface area contributed by atoms with E-state index in [4.69, 9.17) is 4.74 Å². The van der Waals surface area contributed by atoms with E-state index in [1.165, 1.54) is 11.3 Å². The fourth-order valence-corrected chi connectivity index (χ4v) is 4.23. The van der Waals surface area contributed by atoms with E-state index in [2.05, 4.69) is 5.32 Å². The van der Waals surface area contributed by atoms with Crippen molar-refractivity contribution in [3.05, 3.63) is 88.3 Å². The molecule has 1 N–H and O–H groups in total. The summed E-state index contributed by atoms with van der Waals surface area (Å²) in [6, 6.07) is 21.8. The van der Waals surface area contributed by atoms with E-state index >= 15 is 0 Å². The molecule has 3 rings (SSSR count). The van der Waals surface area contributed by atoms with Crippen LogP contribution in [-0.4, -0.2) is 18.5 Å². The van der Waals surface area contributed by atoms with Gasteiger partial charge < -0.3 is 10.1 Å². The highest BCUT2D eigenvalue weighted by Crippen LogP contribution is 2.32. The molecule has 0 radical (unpaired) electrons. The molecule has 0 spiro atoms. The molecule has 1 amide bonds. The molecule has 150 valence electrons. The minimum absolute atomic E-state index is 0.0611. The van der Waals surface area contributed by atoms with Crippen molar-refractivity contribution in [3.8, 4) is 0 Å². The molecule has 29 heavy (non-hydrogen) atoms. The number of benzene rings is 2. The van der Waals surface area contributed by atoms with Crippen LogP contribution in [0.2, 0.25) is 0 Å². The summed E-state index contributed by atoms with van der Waals surface area (Å²) < 4.78 is 5.14. The zero-order valence-corrected chi connectivity index (χ0v) is 17.5. The Morgan fingerprint density at radius 3 is 2.07 bits per heavy atom. The number of carbonyl (C=O) groups excluding carboxylic acids is 2. The molecule has 0 saturated carbocycles. The molecule has 1 heterocycles. The third-order valence-corrected chi connectivity index (χ3v) is 5.87. The van der Waals surface area contributed by atoms with E-state index < -0.39 is 5.97 Å². The Balaban J connectivity index is 1.83. The van der Waals surface area contributed by atoms with Crippen LogP contribution in [0.3, 0.4) is 0 Å². The lowest BCUT2D eigenvalue weighted by Crippen LogP contribution is -2.17. The summed E-state index contributed by atoms with van der Waals surface area (Å²) >= 11 is 1.43. The Hall–Kier alpha value is -2.92. The maximum atomic E-state index is 12.9. The van der Waals surface area contributed by atoms with Gasteiger partial charge in [-0.25, -0.2) is 4.79 Å². The summed E-state index contributed by atoms with van der Waals surface area (Å²) in [4.78, 5) is 26.3.